The van der Waals surface area contributed by atoms with Gasteiger partial charge in [0.1, 0.15) is 10.6 Å². The Morgan fingerprint density at radius 3 is 2.74 bits per heavy atom. The average Bonchev–Trinajstić information content (AvgIpc) is 3.30. The van der Waals surface area contributed by atoms with E-state index < -0.39 is 29.4 Å². The Morgan fingerprint density at radius 2 is 2.04 bits per heavy atom. The topological polar surface area (TPSA) is 71.9 Å². The van der Waals surface area contributed by atoms with Gasteiger partial charge in [-0.05, 0) is 42.1 Å². The van der Waals surface area contributed by atoms with E-state index in [0.717, 1.165) is 15.0 Å². The summed E-state index contributed by atoms with van der Waals surface area (Å²) in [6.45, 7) is 1.14. The van der Waals surface area contributed by atoms with Crippen LogP contribution in [0.15, 0.2) is 50.7 Å². The summed E-state index contributed by atoms with van der Waals surface area (Å²) in [7, 11) is 0. The van der Waals surface area contributed by atoms with Crippen molar-refractivity contribution in [3.05, 3.63) is 78.9 Å². The van der Waals surface area contributed by atoms with Gasteiger partial charge in [-0.2, -0.15) is 0 Å². The minimum absolute atomic E-state index is 0.254. The fourth-order valence-electron chi connectivity index (χ4n) is 2.86. The standard InChI is InChI=1S/C19H13FN2O3S2/c1-10-7-11(4-5-13(10)20)14(23)8-22-18(24)16-12(15-3-2-6-26-15)9-27-17(16)21-19(22)25/h2-7,9H,8H2,1H3,(H,21,25). The number of nitrogens with zero attached hydrogens (tertiary/aromatic N) is 1. The van der Waals surface area contributed by atoms with E-state index in [1.165, 1.54) is 40.9 Å². The molecule has 4 rings (SSSR count). The molecule has 3 aromatic heterocycles. The highest BCUT2D eigenvalue weighted by Gasteiger charge is 2.18. The van der Waals surface area contributed by atoms with E-state index in [0.29, 0.717) is 15.8 Å². The molecule has 5 nitrogen and oxygen atoms in total. The summed E-state index contributed by atoms with van der Waals surface area (Å²) < 4.78 is 14.3. The van der Waals surface area contributed by atoms with Gasteiger partial charge in [0.25, 0.3) is 5.56 Å². The first-order valence-corrected chi connectivity index (χ1v) is 9.79. The van der Waals surface area contributed by atoms with Crippen molar-refractivity contribution < 1.29 is 9.18 Å². The zero-order valence-electron chi connectivity index (χ0n) is 14.1. The number of Topliss-reactive ketones (excluding diaryl/α,β-unsaturated/α-hetero) is 1. The van der Waals surface area contributed by atoms with Gasteiger partial charge in [-0.3, -0.25) is 19.1 Å². The molecule has 0 atom stereocenters. The summed E-state index contributed by atoms with van der Waals surface area (Å²) in [6, 6.07) is 7.75. The lowest BCUT2D eigenvalue weighted by Crippen LogP contribution is -2.37. The number of rotatable bonds is 4. The molecule has 0 amide bonds. The van der Waals surface area contributed by atoms with E-state index >= 15 is 0 Å². The van der Waals surface area contributed by atoms with Gasteiger partial charge in [-0.1, -0.05) is 6.07 Å². The second kappa shape index (κ2) is 6.71. The molecule has 0 aliphatic heterocycles. The van der Waals surface area contributed by atoms with Crippen LogP contribution in [0.1, 0.15) is 15.9 Å². The van der Waals surface area contributed by atoms with Crippen molar-refractivity contribution in [2.45, 2.75) is 13.5 Å². The first kappa shape index (κ1) is 17.6. The number of halogens is 1. The fraction of sp³-hybridized carbons (Fsp3) is 0.105. The van der Waals surface area contributed by atoms with E-state index in [1.54, 1.807) is 6.92 Å². The van der Waals surface area contributed by atoms with Gasteiger partial charge in [0, 0.05) is 21.4 Å². The van der Waals surface area contributed by atoms with Crippen molar-refractivity contribution in [2.75, 3.05) is 0 Å². The number of fused-ring (bicyclic) bond motifs is 1. The largest absolute Gasteiger partial charge is 0.329 e. The van der Waals surface area contributed by atoms with Gasteiger partial charge in [-0.25, -0.2) is 9.18 Å². The van der Waals surface area contributed by atoms with Gasteiger partial charge in [0.15, 0.2) is 5.78 Å². The smallest absolute Gasteiger partial charge is 0.298 e. The molecular weight excluding hydrogens is 387 g/mol. The van der Waals surface area contributed by atoms with E-state index in [1.807, 2.05) is 22.9 Å². The maximum absolute atomic E-state index is 13.4. The monoisotopic (exact) mass is 400 g/mol. The molecule has 0 aliphatic carbocycles. The van der Waals surface area contributed by atoms with E-state index in [9.17, 15) is 18.8 Å². The Hall–Kier alpha value is -2.84. The molecule has 0 unspecified atom stereocenters. The number of carbonyl (C=O) groups excluding carboxylic acids is 1. The minimum atomic E-state index is -0.640. The number of benzene rings is 1. The number of hydrogen-bond donors (Lipinski definition) is 1. The maximum atomic E-state index is 13.4. The summed E-state index contributed by atoms with van der Waals surface area (Å²) in [5, 5.41) is 4.12. The summed E-state index contributed by atoms with van der Waals surface area (Å²) in [5.74, 6) is -0.847. The number of H-pyrrole nitrogens is 1. The number of hydrogen-bond acceptors (Lipinski definition) is 5. The normalized spacial score (nSPS) is 11.2. The average molecular weight is 400 g/mol. The van der Waals surface area contributed by atoms with Gasteiger partial charge < -0.3 is 0 Å². The van der Waals surface area contributed by atoms with Gasteiger partial charge in [-0.15, -0.1) is 22.7 Å². The molecule has 0 bridgehead atoms. The van der Waals surface area contributed by atoms with Crippen LogP contribution in [0.2, 0.25) is 0 Å². The summed E-state index contributed by atoms with van der Waals surface area (Å²) >= 11 is 2.77. The number of aromatic nitrogens is 2. The number of nitrogens with one attached hydrogen (secondary N) is 1. The van der Waals surface area contributed by atoms with Crippen molar-refractivity contribution in [2.24, 2.45) is 0 Å². The van der Waals surface area contributed by atoms with Crippen molar-refractivity contribution >= 4 is 38.7 Å². The Labute approximate surface area is 160 Å². The molecule has 1 aromatic carbocycles. The molecule has 0 spiro atoms. The Kier molecular flexibility index (Phi) is 4.37. The van der Waals surface area contributed by atoms with Crippen LogP contribution in [0.5, 0.6) is 0 Å². The summed E-state index contributed by atoms with van der Waals surface area (Å²) in [5.41, 5.74) is 0.175. The van der Waals surface area contributed by atoms with Gasteiger partial charge in [0.05, 0.1) is 11.9 Å². The van der Waals surface area contributed by atoms with Crippen LogP contribution in [0, 0.1) is 12.7 Å². The van der Waals surface area contributed by atoms with Crippen molar-refractivity contribution in [3.63, 3.8) is 0 Å². The van der Waals surface area contributed by atoms with E-state index in [2.05, 4.69) is 4.98 Å². The molecule has 0 fully saturated rings. The maximum Gasteiger partial charge on any atom is 0.329 e. The highest BCUT2D eigenvalue weighted by atomic mass is 32.1. The molecule has 0 radical (unpaired) electrons. The number of aryl methyl sites for hydroxylation is 1. The van der Waals surface area contributed by atoms with Crippen LogP contribution in [-0.4, -0.2) is 15.3 Å². The van der Waals surface area contributed by atoms with E-state index in [-0.39, 0.29) is 5.56 Å². The van der Waals surface area contributed by atoms with Crippen molar-refractivity contribution in [1.29, 1.82) is 0 Å². The third-order valence-electron chi connectivity index (χ3n) is 4.28. The summed E-state index contributed by atoms with van der Waals surface area (Å²) in [6.07, 6.45) is 0. The van der Waals surface area contributed by atoms with Crippen LogP contribution in [-0.2, 0) is 6.54 Å². The Bertz CT molecular complexity index is 1280. The second-order valence-corrected chi connectivity index (χ2v) is 7.87. The SMILES string of the molecule is Cc1cc(C(=O)Cn2c(=O)[nH]c3scc(-c4cccs4)c3c2=O)ccc1F. The third kappa shape index (κ3) is 3.07. The number of carbonyl (C=O) groups is 1. The van der Waals surface area contributed by atoms with Crippen LogP contribution < -0.4 is 11.2 Å². The Morgan fingerprint density at radius 1 is 1.22 bits per heavy atom. The highest BCUT2D eigenvalue weighted by Crippen LogP contribution is 2.33. The molecule has 0 aliphatic rings. The molecule has 27 heavy (non-hydrogen) atoms. The predicted octanol–water partition coefficient (Wildman–Crippen LogP) is 3.81. The lowest BCUT2D eigenvalue weighted by molar-refractivity contribution is 0.0969. The van der Waals surface area contributed by atoms with Crippen LogP contribution in [0.4, 0.5) is 4.39 Å². The summed E-state index contributed by atoms with van der Waals surface area (Å²) in [4.78, 5) is 41.9. The number of aromatic amines is 1. The number of ketones is 1. The van der Waals surface area contributed by atoms with Crippen LogP contribution >= 0.6 is 22.7 Å². The zero-order chi connectivity index (χ0) is 19.1. The van der Waals surface area contributed by atoms with Crippen molar-refractivity contribution in [1.82, 2.24) is 9.55 Å². The highest BCUT2D eigenvalue weighted by molar-refractivity contribution is 7.18. The van der Waals surface area contributed by atoms with Crippen molar-refractivity contribution in [3.8, 4) is 10.4 Å². The molecule has 0 saturated heterocycles. The first-order valence-electron chi connectivity index (χ1n) is 8.03. The molecular formula is C19H13FN2O3S2. The van der Waals surface area contributed by atoms with E-state index in [4.69, 9.17) is 0 Å². The molecule has 136 valence electrons. The molecule has 0 saturated carbocycles. The first-order chi connectivity index (χ1) is 13.0. The quantitative estimate of drug-likeness (QED) is 0.530. The van der Waals surface area contributed by atoms with Gasteiger partial charge >= 0.3 is 5.69 Å². The fourth-order valence-corrected chi connectivity index (χ4v) is 4.63. The third-order valence-corrected chi connectivity index (χ3v) is 6.08. The zero-order valence-corrected chi connectivity index (χ0v) is 15.7. The molecule has 1 N–H and O–H groups in total. The Balaban J connectivity index is 1.81. The van der Waals surface area contributed by atoms with Crippen LogP contribution in [0.3, 0.4) is 0 Å². The number of thiophene rings is 2. The van der Waals surface area contributed by atoms with Crippen LogP contribution in [0.25, 0.3) is 20.7 Å². The van der Waals surface area contributed by atoms with Gasteiger partial charge in [0.2, 0.25) is 0 Å². The molecule has 3 heterocycles. The lowest BCUT2D eigenvalue weighted by atomic mass is 10.1. The molecule has 8 heteroatoms. The second-order valence-electron chi connectivity index (χ2n) is 6.04. The predicted molar refractivity (Wildman–Crippen MR) is 105 cm³/mol. The minimum Gasteiger partial charge on any atom is -0.298 e. The lowest BCUT2D eigenvalue weighted by Gasteiger charge is -2.06. The molecule has 4 aromatic rings.